The minimum atomic E-state index is 0. The second-order valence-electron chi connectivity index (χ2n) is 14.2. The first kappa shape index (κ1) is 34.6. The van der Waals surface area contributed by atoms with Gasteiger partial charge in [-0.15, -0.1) is 0 Å². The van der Waals surface area contributed by atoms with Crippen molar-refractivity contribution >= 4 is 86.5 Å². The molecule has 0 saturated carbocycles. The summed E-state index contributed by atoms with van der Waals surface area (Å²) in [7, 11) is 8.45. The molecule has 6 aliphatic rings. The Morgan fingerprint density at radius 1 is 0.509 bits per heavy atom. The van der Waals surface area contributed by atoms with E-state index in [2.05, 4.69) is 180 Å². The number of rotatable bonds is 4. The quantitative estimate of drug-likeness (QED) is 0.217. The van der Waals surface area contributed by atoms with E-state index in [0.717, 1.165) is 87.7 Å². The van der Waals surface area contributed by atoms with E-state index < -0.39 is 0 Å². The van der Waals surface area contributed by atoms with Gasteiger partial charge in [0.2, 0.25) is 0 Å². The van der Waals surface area contributed by atoms with Crippen molar-refractivity contribution in [1.29, 1.82) is 0 Å². The number of likely N-dealkylation sites (N-methyl/N-ethyl adjacent to an activating group) is 4. The van der Waals surface area contributed by atoms with Crippen LogP contribution in [0.3, 0.4) is 0 Å². The van der Waals surface area contributed by atoms with Gasteiger partial charge in [-0.3, -0.25) is 0 Å². The first-order valence-corrected chi connectivity index (χ1v) is 17.9. The van der Waals surface area contributed by atoms with E-state index >= 15 is 0 Å². The van der Waals surface area contributed by atoms with E-state index in [4.69, 9.17) is 9.97 Å². The van der Waals surface area contributed by atoms with Gasteiger partial charge in [0.05, 0.1) is 28.3 Å². The Morgan fingerprint density at radius 3 is 1.55 bits per heavy atom. The third kappa shape index (κ3) is 6.79. The summed E-state index contributed by atoms with van der Waals surface area (Å²) in [6.45, 7) is 3.28. The number of aromatic amines is 2. The molecule has 0 atom stereocenters. The molecule has 2 N–H and O–H groups in total. The summed E-state index contributed by atoms with van der Waals surface area (Å²) in [5.74, 6) is 0. The van der Waals surface area contributed by atoms with Gasteiger partial charge in [-0.2, -0.15) is 0 Å². The standard InChI is InChI=1S/C44H42N8.Sn.2H/c1-49-17-9-29(10-18-49)38-27-37-26-35-6-5-33(45-35)25-34-7-8-36(46-34)28-39-40(30-11-19-50(2)20-12-30)41(31-13-21-51(3)22-14-31)44(48-39)42(43(38)47-37)32-15-23-52(4)24-16-32;;;/h5-17,19,21,23,25-28,45,48H,18,20,22,24H2,1-4H3;;;. The zero-order valence-electron chi connectivity index (χ0n) is 30.8. The third-order valence-electron chi connectivity index (χ3n) is 10.2. The fourth-order valence-electron chi connectivity index (χ4n) is 7.42. The van der Waals surface area contributed by atoms with Crippen LogP contribution < -0.4 is 0 Å². The van der Waals surface area contributed by atoms with Gasteiger partial charge in [0.15, 0.2) is 0 Å². The molecule has 3 aromatic heterocycles. The van der Waals surface area contributed by atoms with Crippen LogP contribution in [0.5, 0.6) is 0 Å². The Bertz CT molecular complexity index is 2490. The molecule has 0 aliphatic carbocycles. The first-order chi connectivity index (χ1) is 25.3. The van der Waals surface area contributed by atoms with Crippen LogP contribution in [0, 0.1) is 0 Å². The Hall–Kier alpha value is -5.48. The number of H-pyrrole nitrogens is 2. The van der Waals surface area contributed by atoms with Crippen molar-refractivity contribution in [3.8, 4) is 0 Å². The van der Waals surface area contributed by atoms with Crippen LogP contribution in [0.1, 0.15) is 39.5 Å². The molecule has 3 aromatic rings. The van der Waals surface area contributed by atoms with Crippen LogP contribution in [0.15, 0.2) is 109 Å². The number of nitrogens with zero attached hydrogens (tertiary/aromatic N) is 6. The predicted molar refractivity (Wildman–Crippen MR) is 225 cm³/mol. The molecule has 0 unspecified atom stereocenters. The van der Waals surface area contributed by atoms with E-state index in [1.165, 1.54) is 27.8 Å². The molecule has 0 aromatic carbocycles. The zero-order valence-corrected chi connectivity index (χ0v) is 34.8. The fraction of sp³-hybridized carbons (Fsp3) is 0.182. The van der Waals surface area contributed by atoms with Gasteiger partial charge < -0.3 is 29.6 Å². The van der Waals surface area contributed by atoms with Gasteiger partial charge in [0.1, 0.15) is 0 Å². The first-order valence-electron chi connectivity index (χ1n) is 17.9. The van der Waals surface area contributed by atoms with E-state index in [9.17, 15) is 0 Å². The molecular weight excluding hydrogens is 759 g/mol. The molecule has 0 fully saturated rings. The molecule has 9 rings (SSSR count). The summed E-state index contributed by atoms with van der Waals surface area (Å²) < 4.78 is 0. The van der Waals surface area contributed by atoms with E-state index in [1.54, 1.807) is 0 Å². The number of fused-ring (bicyclic) bond motifs is 8. The maximum atomic E-state index is 5.52. The normalized spacial score (nSPS) is 17.8. The van der Waals surface area contributed by atoms with E-state index in [0.29, 0.717) is 0 Å². The van der Waals surface area contributed by atoms with Gasteiger partial charge in [-0.25, -0.2) is 9.97 Å². The predicted octanol–water partition coefficient (Wildman–Crippen LogP) is 7.02. The van der Waals surface area contributed by atoms with Gasteiger partial charge in [-0.05, 0) is 120 Å². The number of hydrogen-bond acceptors (Lipinski definition) is 6. The van der Waals surface area contributed by atoms with Crippen LogP contribution in [0.25, 0.3) is 62.6 Å². The van der Waals surface area contributed by atoms with Crippen LogP contribution >= 0.6 is 0 Å². The van der Waals surface area contributed by atoms with Crippen LogP contribution in [0.2, 0.25) is 0 Å². The van der Waals surface area contributed by atoms with Crippen LogP contribution in [-0.2, 0) is 0 Å². The number of allylic oxidation sites excluding steroid dienone is 9. The van der Waals surface area contributed by atoms with Crippen molar-refractivity contribution in [2.45, 2.75) is 0 Å². The molecule has 9 heterocycles. The van der Waals surface area contributed by atoms with Crippen molar-refractivity contribution < 1.29 is 0 Å². The van der Waals surface area contributed by atoms with Gasteiger partial charge in [0.25, 0.3) is 0 Å². The van der Waals surface area contributed by atoms with Crippen LogP contribution in [0.4, 0.5) is 0 Å². The SMILES string of the molecule is CN1C=CC(C2=Cc3cc4ccc(cc5nc(cc6[nH]c(c(C7=CCN(C)C=C7)c2n3)c(C2=CCN(C)C=C2)c6C2=CCN(C)C=C2)C=C5)[nH]4)=CC1.[SnH2]. The molecule has 0 spiro atoms. The van der Waals surface area contributed by atoms with E-state index in [-0.39, 0.29) is 23.9 Å². The number of hydrogen-bond donors (Lipinski definition) is 2. The van der Waals surface area contributed by atoms with Gasteiger partial charge >= 0.3 is 23.9 Å². The number of nitrogens with one attached hydrogen (secondary N) is 2. The van der Waals surface area contributed by atoms with Crippen molar-refractivity contribution in [1.82, 2.24) is 39.5 Å². The Labute approximate surface area is 327 Å². The molecule has 9 heteroatoms. The Morgan fingerprint density at radius 2 is 1.00 bits per heavy atom. The monoisotopic (exact) mass is 804 g/mol. The Kier molecular flexibility index (Phi) is 9.24. The molecule has 0 saturated heterocycles. The topological polar surface area (TPSA) is 70.3 Å². The molecule has 2 radical (unpaired) electrons. The van der Waals surface area contributed by atoms with Crippen molar-refractivity contribution in [2.75, 3.05) is 54.4 Å². The van der Waals surface area contributed by atoms with Crippen molar-refractivity contribution in [3.63, 3.8) is 0 Å². The summed E-state index contributed by atoms with van der Waals surface area (Å²) in [5, 5.41) is 0. The molecule has 0 amide bonds. The molecule has 264 valence electrons. The minimum absolute atomic E-state index is 0. The van der Waals surface area contributed by atoms with Crippen molar-refractivity contribution in [3.05, 3.63) is 149 Å². The fourth-order valence-corrected chi connectivity index (χ4v) is 7.42. The second kappa shape index (κ2) is 14.2. The summed E-state index contributed by atoms with van der Waals surface area (Å²) in [5.41, 5.74) is 16.9. The molecule has 8 bridgehead atoms. The van der Waals surface area contributed by atoms with Gasteiger partial charge in [0, 0.05) is 93.2 Å². The summed E-state index contributed by atoms with van der Waals surface area (Å²) >= 11 is 0. The molecule has 8 nitrogen and oxygen atoms in total. The molecular formula is C44H44N8Sn. The molecule has 6 aliphatic heterocycles. The summed E-state index contributed by atoms with van der Waals surface area (Å²) in [6, 6.07) is 10.7. The zero-order chi connectivity index (χ0) is 35.3. The summed E-state index contributed by atoms with van der Waals surface area (Å²) in [6.07, 6.45) is 33.4. The van der Waals surface area contributed by atoms with Crippen molar-refractivity contribution in [2.24, 2.45) is 0 Å². The molecule has 53 heavy (non-hydrogen) atoms. The third-order valence-corrected chi connectivity index (χ3v) is 10.2. The van der Waals surface area contributed by atoms with Crippen LogP contribution in [-0.4, -0.2) is 118 Å². The number of aromatic nitrogens is 4. The average molecular weight is 804 g/mol. The van der Waals surface area contributed by atoms with Gasteiger partial charge in [-0.1, -0.05) is 24.3 Å². The second-order valence-corrected chi connectivity index (χ2v) is 14.2. The maximum absolute atomic E-state index is 5.52. The summed E-state index contributed by atoms with van der Waals surface area (Å²) in [4.78, 5) is 27.0. The van der Waals surface area contributed by atoms with E-state index in [1.807, 2.05) is 0 Å². The average Bonchev–Trinajstić information content (AvgIpc) is 3.95. The Balaban J connectivity index is 0.00000400.